The summed E-state index contributed by atoms with van der Waals surface area (Å²) in [4.78, 5) is 24.3. The van der Waals surface area contributed by atoms with Crippen molar-refractivity contribution in [1.29, 1.82) is 0 Å². The zero-order chi connectivity index (χ0) is 32.9. The molecule has 0 aliphatic heterocycles. The van der Waals surface area contributed by atoms with Crippen molar-refractivity contribution in [3.05, 3.63) is 57.7 Å². The van der Waals surface area contributed by atoms with Gasteiger partial charge >= 0.3 is 11.9 Å². The second kappa shape index (κ2) is 14.5. The number of esters is 2. The SMILES string of the molecule is CCC(C)(CCC(=O)Oc1c(C)c(F)c(F)c(F)c1F)OCCC(C)(C)OCCC(=O)Oc1c(F)c(C)c(F)c(F)c1F. The average molecular weight is 629 g/mol. The van der Waals surface area contributed by atoms with E-state index in [0.717, 1.165) is 13.8 Å². The van der Waals surface area contributed by atoms with Gasteiger partial charge in [-0.25, -0.2) is 26.3 Å². The Morgan fingerprint density at radius 2 is 1.07 bits per heavy atom. The first-order chi connectivity index (χ1) is 19.9. The molecule has 0 bridgehead atoms. The standard InChI is InChI=1S/C29H32F8O6/c1-7-29(6,10-8-16(38)42-26-15(3)19(31)21(33)23(35)24(26)36)41-13-11-28(4,5)40-12-9-17(39)43-27-20(32)14(2)18(30)22(34)25(27)37/h7-13H2,1-6H3. The molecule has 2 rings (SSSR count). The molecule has 0 aromatic heterocycles. The van der Waals surface area contributed by atoms with Gasteiger partial charge in [0.1, 0.15) is 0 Å². The Hall–Kier alpha value is -3.26. The molecule has 240 valence electrons. The summed E-state index contributed by atoms with van der Waals surface area (Å²) in [5.74, 6) is -19.4. The lowest BCUT2D eigenvalue weighted by molar-refractivity contribution is -0.139. The van der Waals surface area contributed by atoms with Crippen LogP contribution < -0.4 is 9.47 Å². The maximum absolute atomic E-state index is 14.1. The monoisotopic (exact) mass is 628 g/mol. The molecule has 2 aromatic carbocycles. The molecular weight excluding hydrogens is 596 g/mol. The Kier molecular flexibility index (Phi) is 12.1. The van der Waals surface area contributed by atoms with Crippen LogP contribution in [0.4, 0.5) is 35.1 Å². The van der Waals surface area contributed by atoms with Gasteiger partial charge < -0.3 is 18.9 Å². The first-order valence-electron chi connectivity index (χ1n) is 13.2. The zero-order valence-corrected chi connectivity index (χ0v) is 24.4. The first kappa shape index (κ1) is 35.9. The van der Waals surface area contributed by atoms with E-state index in [4.69, 9.17) is 14.2 Å². The van der Waals surface area contributed by atoms with E-state index in [0.29, 0.717) is 6.42 Å². The minimum absolute atomic E-state index is 0.0683. The molecule has 0 radical (unpaired) electrons. The molecule has 0 saturated heterocycles. The van der Waals surface area contributed by atoms with Crippen molar-refractivity contribution in [1.82, 2.24) is 0 Å². The molecule has 0 N–H and O–H groups in total. The summed E-state index contributed by atoms with van der Waals surface area (Å²) < 4.78 is 130. The van der Waals surface area contributed by atoms with Gasteiger partial charge in [-0.05, 0) is 53.9 Å². The van der Waals surface area contributed by atoms with Gasteiger partial charge in [0.2, 0.25) is 23.2 Å². The number of rotatable bonds is 14. The number of hydrogen-bond acceptors (Lipinski definition) is 6. The van der Waals surface area contributed by atoms with Gasteiger partial charge in [0, 0.05) is 17.5 Å². The molecule has 0 aliphatic carbocycles. The van der Waals surface area contributed by atoms with Crippen LogP contribution >= 0.6 is 0 Å². The molecule has 43 heavy (non-hydrogen) atoms. The summed E-state index contributed by atoms with van der Waals surface area (Å²) in [6.45, 7) is 8.42. The van der Waals surface area contributed by atoms with Crippen LogP contribution in [0.25, 0.3) is 0 Å². The highest BCUT2D eigenvalue weighted by Gasteiger charge is 2.30. The molecule has 6 nitrogen and oxygen atoms in total. The van der Waals surface area contributed by atoms with Crippen LogP contribution in [0.5, 0.6) is 11.5 Å². The fourth-order valence-corrected chi connectivity index (χ4v) is 3.73. The minimum atomic E-state index is -2.10. The minimum Gasteiger partial charge on any atom is -0.423 e. The van der Waals surface area contributed by atoms with Gasteiger partial charge in [0.15, 0.2) is 34.8 Å². The van der Waals surface area contributed by atoms with Crippen molar-refractivity contribution in [3.63, 3.8) is 0 Å². The highest BCUT2D eigenvalue weighted by molar-refractivity contribution is 5.73. The zero-order valence-electron chi connectivity index (χ0n) is 24.4. The fourth-order valence-electron chi connectivity index (χ4n) is 3.73. The van der Waals surface area contributed by atoms with Gasteiger partial charge in [0.05, 0.1) is 30.8 Å². The van der Waals surface area contributed by atoms with Crippen LogP contribution in [0, 0.1) is 60.4 Å². The van der Waals surface area contributed by atoms with E-state index in [2.05, 4.69) is 4.74 Å². The average Bonchev–Trinajstić information content (AvgIpc) is 2.96. The number of benzene rings is 2. The van der Waals surface area contributed by atoms with Crippen LogP contribution in [0.1, 0.15) is 70.9 Å². The topological polar surface area (TPSA) is 71.1 Å². The lowest BCUT2D eigenvalue weighted by Crippen LogP contribution is -2.33. The number of carbonyl (C=O) groups excluding carboxylic acids is 2. The third kappa shape index (κ3) is 8.88. The van der Waals surface area contributed by atoms with E-state index in [1.165, 1.54) is 0 Å². The number of hydrogen-bond donors (Lipinski definition) is 0. The number of halogens is 8. The lowest BCUT2D eigenvalue weighted by atomic mass is 9.96. The molecule has 0 fully saturated rings. The van der Waals surface area contributed by atoms with Gasteiger partial charge in [-0.3, -0.25) is 9.59 Å². The Bertz CT molecular complexity index is 1310. The first-order valence-corrected chi connectivity index (χ1v) is 13.2. The summed E-state index contributed by atoms with van der Waals surface area (Å²) in [6.07, 6.45) is -0.0509. The summed E-state index contributed by atoms with van der Waals surface area (Å²) in [6, 6.07) is 0. The second-order valence-electron chi connectivity index (χ2n) is 10.6. The van der Waals surface area contributed by atoms with Crippen LogP contribution in [-0.4, -0.2) is 36.4 Å². The number of ether oxygens (including phenoxy) is 4. The van der Waals surface area contributed by atoms with Crippen molar-refractivity contribution in [3.8, 4) is 11.5 Å². The van der Waals surface area contributed by atoms with Gasteiger partial charge in [0.25, 0.3) is 0 Å². The van der Waals surface area contributed by atoms with Crippen LogP contribution in [0.2, 0.25) is 0 Å². The quantitative estimate of drug-likeness (QED) is 0.0711. The molecule has 0 heterocycles. The summed E-state index contributed by atoms with van der Waals surface area (Å²) in [5.41, 5.74) is -3.32. The van der Waals surface area contributed by atoms with Crippen molar-refractivity contribution in [2.75, 3.05) is 13.2 Å². The van der Waals surface area contributed by atoms with E-state index in [9.17, 15) is 44.7 Å². The highest BCUT2D eigenvalue weighted by atomic mass is 19.2. The molecule has 14 heteroatoms. The molecule has 0 amide bonds. The van der Waals surface area contributed by atoms with E-state index in [-0.39, 0.29) is 32.5 Å². The fraction of sp³-hybridized carbons (Fsp3) is 0.517. The molecule has 1 atom stereocenters. The summed E-state index contributed by atoms with van der Waals surface area (Å²) >= 11 is 0. The molecule has 2 aromatic rings. The molecule has 0 aliphatic rings. The predicted octanol–water partition coefficient (Wildman–Crippen LogP) is 7.47. The highest BCUT2D eigenvalue weighted by Crippen LogP contribution is 2.32. The summed E-state index contributed by atoms with van der Waals surface area (Å²) in [5, 5.41) is 0. The third-order valence-corrected chi connectivity index (χ3v) is 6.88. The van der Waals surface area contributed by atoms with E-state index >= 15 is 0 Å². The second-order valence-corrected chi connectivity index (χ2v) is 10.6. The smallest absolute Gasteiger partial charge is 0.313 e. The third-order valence-electron chi connectivity index (χ3n) is 6.88. The van der Waals surface area contributed by atoms with E-state index < -0.39 is 98.7 Å². The van der Waals surface area contributed by atoms with Crippen molar-refractivity contribution in [2.45, 2.75) is 84.8 Å². The van der Waals surface area contributed by atoms with Crippen molar-refractivity contribution in [2.24, 2.45) is 0 Å². The summed E-state index contributed by atoms with van der Waals surface area (Å²) in [7, 11) is 0. The van der Waals surface area contributed by atoms with Crippen LogP contribution in [0.15, 0.2) is 0 Å². The maximum atomic E-state index is 14.1. The Morgan fingerprint density at radius 1 is 0.581 bits per heavy atom. The van der Waals surface area contributed by atoms with Crippen molar-refractivity contribution < 1.29 is 63.7 Å². The molecule has 1 unspecified atom stereocenters. The Morgan fingerprint density at radius 3 is 1.67 bits per heavy atom. The van der Waals surface area contributed by atoms with Crippen LogP contribution in [0.3, 0.4) is 0 Å². The van der Waals surface area contributed by atoms with E-state index in [1.54, 1.807) is 27.7 Å². The van der Waals surface area contributed by atoms with Gasteiger partial charge in [-0.15, -0.1) is 0 Å². The van der Waals surface area contributed by atoms with Gasteiger partial charge in [-0.2, -0.15) is 8.78 Å². The lowest BCUT2D eigenvalue weighted by Gasteiger charge is -2.31. The maximum Gasteiger partial charge on any atom is 0.313 e. The Balaban J connectivity index is 1.85. The Labute approximate surface area is 243 Å². The van der Waals surface area contributed by atoms with E-state index in [1.807, 2.05) is 0 Å². The largest absolute Gasteiger partial charge is 0.423 e. The van der Waals surface area contributed by atoms with Crippen molar-refractivity contribution >= 4 is 11.9 Å². The van der Waals surface area contributed by atoms with Gasteiger partial charge in [-0.1, -0.05) is 6.92 Å². The number of carbonyl (C=O) groups is 2. The van der Waals surface area contributed by atoms with Crippen LogP contribution in [-0.2, 0) is 19.1 Å². The normalized spacial score (nSPS) is 13.2. The molecule has 0 saturated carbocycles. The predicted molar refractivity (Wildman–Crippen MR) is 136 cm³/mol. The molecular formula is C29H32F8O6. The molecule has 0 spiro atoms.